The highest BCUT2D eigenvalue weighted by Gasteiger charge is 2.17. The van der Waals surface area contributed by atoms with Crippen molar-refractivity contribution in [2.24, 2.45) is 0 Å². The number of aromatic amines is 1. The number of ether oxygens (including phenoxy) is 3. The Morgan fingerprint density at radius 2 is 1.76 bits per heavy atom. The van der Waals surface area contributed by atoms with Crippen molar-refractivity contribution in [2.75, 3.05) is 21.3 Å². The maximum absolute atomic E-state index is 5.34. The topological polar surface area (TPSA) is 73.7 Å². The van der Waals surface area contributed by atoms with Gasteiger partial charge in [-0.05, 0) is 24.4 Å². The summed E-state index contributed by atoms with van der Waals surface area (Å²) in [5.41, 5.74) is 0.779. The van der Waals surface area contributed by atoms with Crippen LogP contribution < -0.4 is 14.2 Å². The molecule has 2 heterocycles. The number of hydrogen-bond donors (Lipinski definition) is 1. The lowest BCUT2D eigenvalue weighted by molar-refractivity contribution is 0.324. The van der Waals surface area contributed by atoms with Gasteiger partial charge in [-0.1, -0.05) is 11.3 Å². The van der Waals surface area contributed by atoms with Crippen molar-refractivity contribution in [2.45, 2.75) is 0 Å². The molecule has 2 aromatic heterocycles. The molecule has 0 aliphatic rings. The molecule has 0 unspecified atom stereocenters. The van der Waals surface area contributed by atoms with Crippen LogP contribution in [0.1, 0.15) is 0 Å². The lowest BCUT2D eigenvalue weighted by atomic mass is 10.1. The molecule has 0 saturated heterocycles. The van der Waals surface area contributed by atoms with Gasteiger partial charge in [0.15, 0.2) is 21.3 Å². The fourth-order valence-corrected chi connectivity index (χ4v) is 2.95. The van der Waals surface area contributed by atoms with Crippen LogP contribution >= 0.6 is 23.6 Å². The summed E-state index contributed by atoms with van der Waals surface area (Å²) in [6.45, 7) is 0. The monoisotopic (exact) mass is 324 g/mol. The first kappa shape index (κ1) is 13.8. The second-order valence-electron chi connectivity index (χ2n) is 4.06. The molecule has 0 atom stereocenters. The van der Waals surface area contributed by atoms with Crippen molar-refractivity contribution in [3.05, 3.63) is 16.1 Å². The highest BCUT2D eigenvalue weighted by molar-refractivity contribution is 7.73. The lowest BCUT2D eigenvalue weighted by Crippen LogP contribution is -1.97. The second-order valence-corrected chi connectivity index (χ2v) is 5.70. The number of fused-ring (bicyclic) bond motifs is 1. The molecule has 1 N–H and O–H groups in total. The van der Waals surface area contributed by atoms with Crippen molar-refractivity contribution in [3.63, 3.8) is 0 Å². The first-order valence-corrected chi connectivity index (χ1v) is 7.15. The van der Waals surface area contributed by atoms with E-state index in [1.165, 1.54) is 11.3 Å². The number of rotatable bonds is 4. The molecule has 3 aromatic rings. The van der Waals surface area contributed by atoms with Gasteiger partial charge < -0.3 is 14.2 Å². The van der Waals surface area contributed by atoms with Crippen LogP contribution in [0.15, 0.2) is 12.1 Å². The van der Waals surface area contributed by atoms with Gasteiger partial charge in [0.05, 0.1) is 21.3 Å². The van der Waals surface area contributed by atoms with Crippen LogP contribution in [0.2, 0.25) is 0 Å². The minimum absolute atomic E-state index is 0.530. The van der Waals surface area contributed by atoms with E-state index in [-0.39, 0.29) is 0 Å². The summed E-state index contributed by atoms with van der Waals surface area (Å²) in [6.07, 6.45) is 0. The standard InChI is InChI=1S/C12H12N4O3S2/c1-17-7-4-6(5-8(18-2)9(7)19-3)10-13-14-11-16(10)15-12(20)21-11/h4-5H,1-3H3,(H,15,20). The molecule has 0 spiro atoms. The van der Waals surface area contributed by atoms with Crippen LogP contribution in [-0.2, 0) is 0 Å². The first-order chi connectivity index (χ1) is 10.2. The average molecular weight is 324 g/mol. The van der Waals surface area contributed by atoms with Crippen molar-refractivity contribution < 1.29 is 14.2 Å². The quantitative estimate of drug-likeness (QED) is 0.744. The molecule has 7 nitrogen and oxygen atoms in total. The Bertz CT molecular complexity index is 827. The lowest BCUT2D eigenvalue weighted by Gasteiger charge is -2.13. The molecular weight excluding hydrogens is 312 g/mol. The predicted octanol–water partition coefficient (Wildman–Crippen LogP) is 2.54. The number of methoxy groups -OCH3 is 3. The molecule has 21 heavy (non-hydrogen) atoms. The maximum Gasteiger partial charge on any atom is 0.234 e. The summed E-state index contributed by atoms with van der Waals surface area (Å²) in [5.74, 6) is 2.26. The minimum Gasteiger partial charge on any atom is -0.493 e. The van der Waals surface area contributed by atoms with Crippen LogP contribution in [-0.4, -0.2) is 41.1 Å². The molecule has 0 amide bonds. The van der Waals surface area contributed by atoms with E-state index in [9.17, 15) is 0 Å². The summed E-state index contributed by atoms with van der Waals surface area (Å²) in [4.78, 5) is 0.698. The van der Waals surface area contributed by atoms with Gasteiger partial charge in [-0.3, -0.25) is 5.10 Å². The van der Waals surface area contributed by atoms with Gasteiger partial charge in [-0.25, -0.2) is 4.52 Å². The third kappa shape index (κ3) is 2.24. The zero-order chi connectivity index (χ0) is 15.0. The molecule has 3 rings (SSSR count). The highest BCUT2D eigenvalue weighted by atomic mass is 32.1. The highest BCUT2D eigenvalue weighted by Crippen LogP contribution is 2.40. The fraction of sp³-hybridized carbons (Fsp3) is 0.250. The molecule has 0 radical (unpaired) electrons. The second kappa shape index (κ2) is 5.34. The summed E-state index contributed by atoms with van der Waals surface area (Å²) < 4.78 is 18.4. The first-order valence-electron chi connectivity index (χ1n) is 5.92. The third-order valence-electron chi connectivity index (χ3n) is 2.94. The van der Waals surface area contributed by atoms with E-state index in [0.29, 0.717) is 32.0 Å². The van der Waals surface area contributed by atoms with Crippen LogP contribution in [0.3, 0.4) is 0 Å². The fourth-order valence-electron chi connectivity index (χ4n) is 2.03. The molecular formula is C12H12N4O3S2. The van der Waals surface area contributed by atoms with Gasteiger partial charge in [0, 0.05) is 5.56 Å². The Morgan fingerprint density at radius 3 is 2.33 bits per heavy atom. The van der Waals surface area contributed by atoms with E-state index in [2.05, 4.69) is 15.3 Å². The van der Waals surface area contributed by atoms with E-state index in [0.717, 1.165) is 5.56 Å². The van der Waals surface area contributed by atoms with Crippen molar-refractivity contribution in [3.8, 4) is 28.6 Å². The number of H-pyrrole nitrogens is 1. The van der Waals surface area contributed by atoms with E-state index in [1.807, 2.05) is 12.1 Å². The van der Waals surface area contributed by atoms with Crippen molar-refractivity contribution in [1.29, 1.82) is 0 Å². The third-order valence-corrected chi connectivity index (χ3v) is 4.01. The predicted molar refractivity (Wildman–Crippen MR) is 81.1 cm³/mol. The maximum atomic E-state index is 5.34. The Labute approximate surface area is 129 Å². The normalized spacial score (nSPS) is 10.8. The zero-order valence-electron chi connectivity index (χ0n) is 11.5. The van der Waals surface area contributed by atoms with E-state index >= 15 is 0 Å². The number of benzene rings is 1. The zero-order valence-corrected chi connectivity index (χ0v) is 13.2. The summed E-state index contributed by atoms with van der Waals surface area (Å²) in [6, 6.07) is 3.62. The van der Waals surface area contributed by atoms with E-state index in [1.54, 1.807) is 25.8 Å². The molecule has 0 bridgehead atoms. The van der Waals surface area contributed by atoms with Gasteiger partial charge in [-0.15, -0.1) is 10.2 Å². The van der Waals surface area contributed by atoms with E-state index < -0.39 is 0 Å². The van der Waals surface area contributed by atoms with Crippen molar-refractivity contribution in [1.82, 2.24) is 19.8 Å². The molecule has 0 aliphatic carbocycles. The van der Waals surface area contributed by atoms with Crippen LogP contribution in [0.5, 0.6) is 17.2 Å². The Hall–Kier alpha value is -2.13. The van der Waals surface area contributed by atoms with Gasteiger partial charge in [0.1, 0.15) is 0 Å². The Morgan fingerprint density at radius 1 is 1.10 bits per heavy atom. The Balaban J connectivity index is 2.24. The molecule has 9 heteroatoms. The van der Waals surface area contributed by atoms with Crippen LogP contribution in [0.4, 0.5) is 0 Å². The van der Waals surface area contributed by atoms with E-state index in [4.69, 9.17) is 26.4 Å². The Kier molecular flexibility index (Phi) is 3.52. The molecule has 0 fully saturated rings. The molecule has 0 aliphatic heterocycles. The molecule has 0 saturated carbocycles. The minimum atomic E-state index is 0.530. The SMILES string of the molecule is COc1cc(-c2nnc3sc(=S)[nH]n23)cc(OC)c1OC. The average Bonchev–Trinajstić information content (AvgIpc) is 3.04. The van der Waals surface area contributed by atoms with Crippen molar-refractivity contribution >= 4 is 28.5 Å². The summed E-state index contributed by atoms with van der Waals surface area (Å²) in [5, 5.41) is 11.3. The van der Waals surface area contributed by atoms with Crippen LogP contribution in [0.25, 0.3) is 16.3 Å². The molecule has 110 valence electrons. The number of aromatic nitrogens is 4. The van der Waals surface area contributed by atoms with Gasteiger partial charge in [-0.2, -0.15) is 0 Å². The smallest absolute Gasteiger partial charge is 0.234 e. The number of hydrogen-bond acceptors (Lipinski definition) is 7. The van der Waals surface area contributed by atoms with Gasteiger partial charge in [0.25, 0.3) is 0 Å². The summed E-state index contributed by atoms with van der Waals surface area (Å²) >= 11 is 6.47. The summed E-state index contributed by atoms with van der Waals surface area (Å²) in [7, 11) is 4.70. The number of nitrogens with one attached hydrogen (secondary N) is 1. The molecule has 1 aromatic carbocycles. The van der Waals surface area contributed by atoms with Crippen LogP contribution in [0, 0.1) is 3.95 Å². The van der Waals surface area contributed by atoms with Gasteiger partial charge >= 0.3 is 0 Å². The number of nitrogens with zero attached hydrogens (tertiary/aromatic N) is 3. The van der Waals surface area contributed by atoms with Gasteiger partial charge in [0.2, 0.25) is 10.7 Å². The largest absolute Gasteiger partial charge is 0.493 e.